The van der Waals surface area contributed by atoms with Crippen molar-refractivity contribution in [1.82, 2.24) is 0 Å². The van der Waals surface area contributed by atoms with Gasteiger partial charge in [0.1, 0.15) is 0 Å². The van der Waals surface area contributed by atoms with Gasteiger partial charge >= 0.3 is 0 Å². The molecule has 13 aromatic carbocycles. The summed E-state index contributed by atoms with van der Waals surface area (Å²) in [5.41, 5.74) is 19.7. The predicted molar refractivity (Wildman–Crippen MR) is 329 cm³/mol. The van der Waals surface area contributed by atoms with Crippen LogP contribution in [-0.4, -0.2) is 0 Å². The van der Waals surface area contributed by atoms with E-state index in [4.69, 9.17) is 0 Å². The Hall–Kier alpha value is -9.60. The molecule has 2 aliphatic rings. The van der Waals surface area contributed by atoms with E-state index in [0.717, 1.165) is 17.1 Å². The summed E-state index contributed by atoms with van der Waals surface area (Å²) in [6.45, 7) is 0. The molecule has 2 heteroatoms. The van der Waals surface area contributed by atoms with E-state index in [-0.39, 0.29) is 0 Å². The number of hydrogen-bond acceptors (Lipinski definition) is 2. The molecule has 0 bridgehead atoms. The fourth-order valence-corrected chi connectivity index (χ4v) is 14.9. The van der Waals surface area contributed by atoms with Crippen molar-refractivity contribution in [2.45, 2.75) is 10.8 Å². The van der Waals surface area contributed by atoms with Crippen LogP contribution < -0.4 is 4.90 Å². The lowest BCUT2D eigenvalue weighted by atomic mass is 9.67. The Balaban J connectivity index is 1.04. The van der Waals surface area contributed by atoms with Crippen LogP contribution >= 0.6 is 11.3 Å². The SMILES string of the molecule is c1ccc(C2(c3ccccc3)c3ccccc3-c3cc(N(c4ccc5c(c4)C(c4ccccc4)(c4ccccc4)c4ccccc4-5)c4ccc(-c5ccc6sccc6c5)c5c6ccccc6c6ccccc6c45)ccc32)cc1. The van der Waals surface area contributed by atoms with Gasteiger partial charge in [-0.3, -0.25) is 0 Å². The average molecular weight is 1010 g/mol. The van der Waals surface area contributed by atoms with Crippen LogP contribution in [0.2, 0.25) is 0 Å². The highest BCUT2D eigenvalue weighted by molar-refractivity contribution is 7.17. The van der Waals surface area contributed by atoms with Crippen LogP contribution in [0, 0.1) is 0 Å². The third-order valence-electron chi connectivity index (χ3n) is 17.3. The Morgan fingerprint density at radius 2 is 0.731 bits per heavy atom. The van der Waals surface area contributed by atoms with Gasteiger partial charge in [0.2, 0.25) is 0 Å². The van der Waals surface area contributed by atoms with Crippen LogP contribution in [0.1, 0.15) is 44.5 Å². The first-order valence-electron chi connectivity index (χ1n) is 27.1. The van der Waals surface area contributed by atoms with Gasteiger partial charge in [0.15, 0.2) is 0 Å². The minimum absolute atomic E-state index is 0.533. The molecule has 78 heavy (non-hydrogen) atoms. The van der Waals surface area contributed by atoms with Gasteiger partial charge in [-0.2, -0.15) is 0 Å². The number of fused-ring (bicyclic) bond motifs is 13. The molecule has 364 valence electrons. The number of thiophene rings is 1. The summed E-state index contributed by atoms with van der Waals surface area (Å²) in [7, 11) is 0. The van der Waals surface area contributed by atoms with Gasteiger partial charge in [0, 0.05) is 26.8 Å². The van der Waals surface area contributed by atoms with Crippen LogP contribution in [-0.2, 0) is 10.8 Å². The third kappa shape index (κ3) is 6.30. The monoisotopic (exact) mass is 1010 g/mol. The predicted octanol–water partition coefficient (Wildman–Crippen LogP) is 20.2. The highest BCUT2D eigenvalue weighted by atomic mass is 32.1. The second-order valence-corrected chi connectivity index (χ2v) is 21.9. The van der Waals surface area contributed by atoms with Gasteiger partial charge in [-0.05, 0) is 159 Å². The quantitative estimate of drug-likeness (QED) is 0.137. The Morgan fingerprint density at radius 3 is 1.33 bits per heavy atom. The Morgan fingerprint density at radius 1 is 0.282 bits per heavy atom. The van der Waals surface area contributed by atoms with Crippen molar-refractivity contribution in [1.29, 1.82) is 0 Å². The largest absolute Gasteiger partial charge is 0.310 e. The van der Waals surface area contributed by atoms with Gasteiger partial charge in [-0.1, -0.05) is 243 Å². The van der Waals surface area contributed by atoms with Crippen LogP contribution in [0.15, 0.2) is 297 Å². The van der Waals surface area contributed by atoms with Gasteiger partial charge in [-0.15, -0.1) is 11.3 Å². The van der Waals surface area contributed by atoms with Gasteiger partial charge in [0.05, 0.1) is 16.5 Å². The summed E-state index contributed by atoms with van der Waals surface area (Å²) in [6, 6.07) is 110. The fraction of sp³-hybridized carbons (Fsp3) is 0.0263. The molecule has 0 radical (unpaired) electrons. The molecule has 0 N–H and O–H groups in total. The second-order valence-electron chi connectivity index (χ2n) is 21.0. The number of benzene rings is 13. The number of anilines is 3. The maximum atomic E-state index is 2.59. The van der Waals surface area contributed by atoms with E-state index in [1.165, 1.54) is 120 Å². The molecular formula is C76H49NS. The van der Waals surface area contributed by atoms with E-state index in [1.807, 2.05) is 0 Å². The van der Waals surface area contributed by atoms with Crippen LogP contribution in [0.5, 0.6) is 0 Å². The molecule has 14 aromatic rings. The minimum Gasteiger partial charge on any atom is -0.310 e. The molecular weight excluding hydrogens is 959 g/mol. The Labute approximate surface area is 458 Å². The topological polar surface area (TPSA) is 3.24 Å². The molecule has 1 nitrogen and oxygen atoms in total. The lowest BCUT2D eigenvalue weighted by Gasteiger charge is -2.35. The smallest absolute Gasteiger partial charge is 0.0714 e. The third-order valence-corrected chi connectivity index (χ3v) is 18.2. The second kappa shape index (κ2) is 17.5. The van der Waals surface area contributed by atoms with Crippen LogP contribution in [0.25, 0.3) is 75.8 Å². The molecule has 0 saturated carbocycles. The minimum atomic E-state index is -0.590. The van der Waals surface area contributed by atoms with Crippen molar-refractivity contribution in [2.24, 2.45) is 0 Å². The molecule has 16 rings (SSSR count). The van der Waals surface area contributed by atoms with Gasteiger partial charge in [0.25, 0.3) is 0 Å². The van der Waals surface area contributed by atoms with E-state index in [9.17, 15) is 0 Å². The molecule has 0 aliphatic heterocycles. The molecule has 0 atom stereocenters. The van der Waals surface area contributed by atoms with Crippen molar-refractivity contribution < 1.29 is 0 Å². The first-order chi connectivity index (χ1) is 38.7. The maximum Gasteiger partial charge on any atom is 0.0714 e. The normalized spacial score (nSPS) is 13.6. The molecule has 0 unspecified atom stereocenters. The molecule has 1 heterocycles. The van der Waals surface area contributed by atoms with Crippen molar-refractivity contribution in [3.63, 3.8) is 0 Å². The average Bonchev–Trinajstić information content (AvgIpc) is 4.40. The molecule has 0 saturated heterocycles. The molecule has 1 aromatic heterocycles. The zero-order valence-electron chi connectivity index (χ0n) is 42.6. The van der Waals surface area contributed by atoms with E-state index >= 15 is 0 Å². The zero-order chi connectivity index (χ0) is 51.4. The van der Waals surface area contributed by atoms with Crippen molar-refractivity contribution in [3.05, 3.63) is 341 Å². The Kier molecular flexibility index (Phi) is 10.0. The number of hydrogen-bond donors (Lipinski definition) is 0. The first-order valence-corrected chi connectivity index (χ1v) is 27.9. The van der Waals surface area contributed by atoms with Crippen molar-refractivity contribution >= 4 is 70.8 Å². The lowest BCUT2D eigenvalue weighted by molar-refractivity contribution is 0.768. The lowest BCUT2D eigenvalue weighted by Crippen LogP contribution is -2.29. The number of nitrogens with zero attached hydrogens (tertiary/aromatic N) is 1. The van der Waals surface area contributed by atoms with E-state index < -0.39 is 10.8 Å². The van der Waals surface area contributed by atoms with E-state index in [1.54, 1.807) is 11.3 Å². The summed E-state index contributed by atoms with van der Waals surface area (Å²) >= 11 is 1.80. The van der Waals surface area contributed by atoms with Gasteiger partial charge in [-0.25, -0.2) is 0 Å². The molecule has 0 fully saturated rings. The highest BCUT2D eigenvalue weighted by Gasteiger charge is 2.48. The summed E-state index contributed by atoms with van der Waals surface area (Å²) in [6.07, 6.45) is 0. The summed E-state index contributed by atoms with van der Waals surface area (Å²) in [5.74, 6) is 0. The van der Waals surface area contributed by atoms with Crippen LogP contribution in [0.3, 0.4) is 0 Å². The van der Waals surface area contributed by atoms with Crippen molar-refractivity contribution in [2.75, 3.05) is 4.90 Å². The number of rotatable bonds is 8. The molecule has 0 amide bonds. The summed E-state index contributed by atoms with van der Waals surface area (Å²) in [4.78, 5) is 2.59. The Bertz CT molecular complexity index is 4590. The molecule has 0 spiro atoms. The van der Waals surface area contributed by atoms with E-state index in [0.29, 0.717) is 0 Å². The zero-order valence-corrected chi connectivity index (χ0v) is 43.5. The van der Waals surface area contributed by atoms with Crippen LogP contribution in [0.4, 0.5) is 17.1 Å². The van der Waals surface area contributed by atoms with E-state index in [2.05, 4.69) is 301 Å². The fourth-order valence-electron chi connectivity index (χ4n) is 14.2. The molecule has 2 aliphatic carbocycles. The summed E-state index contributed by atoms with van der Waals surface area (Å²) in [5, 5.41) is 10.9. The maximum absolute atomic E-state index is 2.59. The first kappa shape index (κ1) is 44.7. The summed E-state index contributed by atoms with van der Waals surface area (Å²) < 4.78 is 1.30. The highest BCUT2D eigenvalue weighted by Crippen LogP contribution is 2.60. The standard InChI is InChI=1S/C76H49NS/c1-5-21-52(22-6-1)75(53-23-7-2-8-24-53)68-36-20-18-32-62(68)66-48-56(39-42-69(66)75)77(57-38-40-63-61-31-17-19-35-67(61)76(70(63)49-57,54-25-9-3-10-26-54)55-27-11-4-12-28-55)71-43-41-58(50-37-44-72-51(47-50)45-46-78-72)73-64-33-15-13-29-59(64)60-30-14-16-34-65(60)74(71)73/h1-49H. The van der Waals surface area contributed by atoms with Gasteiger partial charge < -0.3 is 4.90 Å². The van der Waals surface area contributed by atoms with Crippen molar-refractivity contribution in [3.8, 4) is 33.4 Å².